The molecule has 0 saturated heterocycles. The lowest BCUT2D eigenvalue weighted by Gasteiger charge is -2.09. The van der Waals surface area contributed by atoms with Gasteiger partial charge in [-0.05, 0) is 30.5 Å². The van der Waals surface area contributed by atoms with Gasteiger partial charge in [-0.2, -0.15) is 0 Å². The van der Waals surface area contributed by atoms with Crippen LogP contribution in [0.1, 0.15) is 23.8 Å². The van der Waals surface area contributed by atoms with Crippen LogP contribution < -0.4 is 0 Å². The summed E-state index contributed by atoms with van der Waals surface area (Å²) in [5, 5.41) is 9.89. The monoisotopic (exact) mass is 231 g/mol. The lowest BCUT2D eigenvalue weighted by atomic mass is 10.0. The molecule has 1 aromatic carbocycles. The first-order chi connectivity index (χ1) is 8.25. The van der Waals surface area contributed by atoms with Crippen molar-refractivity contribution in [2.45, 2.75) is 18.9 Å². The number of halogens is 1. The first kappa shape index (κ1) is 11.7. The lowest BCUT2D eigenvalue weighted by Crippen LogP contribution is -2.02. The summed E-state index contributed by atoms with van der Waals surface area (Å²) in [6, 6.07) is 12.8. The average molecular weight is 231 g/mol. The Morgan fingerprint density at radius 2 is 1.88 bits per heavy atom. The van der Waals surface area contributed by atoms with Gasteiger partial charge in [-0.3, -0.25) is 4.98 Å². The molecule has 17 heavy (non-hydrogen) atoms. The molecule has 0 aliphatic heterocycles. The Kier molecular flexibility index (Phi) is 3.83. The Bertz CT molecular complexity index is 455. The number of aliphatic hydroxyl groups is 1. The van der Waals surface area contributed by atoms with E-state index in [9.17, 15) is 9.50 Å². The summed E-state index contributed by atoms with van der Waals surface area (Å²) in [7, 11) is 0. The van der Waals surface area contributed by atoms with Crippen LogP contribution in [0, 0.1) is 5.82 Å². The zero-order valence-electron chi connectivity index (χ0n) is 9.38. The van der Waals surface area contributed by atoms with E-state index in [1.807, 2.05) is 30.3 Å². The van der Waals surface area contributed by atoms with Gasteiger partial charge in [0, 0.05) is 0 Å². The minimum absolute atomic E-state index is 0.385. The number of hydrogen-bond donors (Lipinski definition) is 1. The minimum Gasteiger partial charge on any atom is -0.387 e. The molecule has 0 aliphatic rings. The number of aryl methyl sites for hydroxylation is 1. The van der Waals surface area contributed by atoms with E-state index in [4.69, 9.17) is 0 Å². The molecule has 0 radical (unpaired) electrons. The third-order valence-corrected chi connectivity index (χ3v) is 2.64. The van der Waals surface area contributed by atoms with Crippen molar-refractivity contribution in [3.05, 3.63) is 65.7 Å². The van der Waals surface area contributed by atoms with Crippen LogP contribution in [0.5, 0.6) is 0 Å². The van der Waals surface area contributed by atoms with Gasteiger partial charge in [-0.15, -0.1) is 0 Å². The molecule has 3 heteroatoms. The van der Waals surface area contributed by atoms with E-state index in [0.29, 0.717) is 12.1 Å². The van der Waals surface area contributed by atoms with E-state index in [-0.39, 0.29) is 5.82 Å². The molecule has 0 bridgehead atoms. The van der Waals surface area contributed by atoms with E-state index in [2.05, 4.69) is 4.98 Å². The van der Waals surface area contributed by atoms with E-state index in [0.717, 1.165) is 12.6 Å². The smallest absolute Gasteiger partial charge is 0.141 e. The summed E-state index contributed by atoms with van der Waals surface area (Å²) in [6.45, 7) is 0. The van der Waals surface area contributed by atoms with Crippen LogP contribution in [0.4, 0.5) is 4.39 Å². The fourth-order valence-electron chi connectivity index (χ4n) is 1.68. The van der Waals surface area contributed by atoms with Crippen molar-refractivity contribution in [1.82, 2.24) is 4.98 Å². The van der Waals surface area contributed by atoms with Crippen LogP contribution in [0.2, 0.25) is 0 Å². The normalized spacial score (nSPS) is 12.4. The van der Waals surface area contributed by atoms with Crippen molar-refractivity contribution >= 4 is 0 Å². The molecule has 1 N–H and O–H groups in total. The van der Waals surface area contributed by atoms with Gasteiger partial charge in [0.25, 0.3) is 0 Å². The summed E-state index contributed by atoms with van der Waals surface area (Å²) < 4.78 is 12.7. The number of rotatable bonds is 4. The van der Waals surface area contributed by atoms with Crippen LogP contribution >= 0.6 is 0 Å². The number of pyridine rings is 1. The van der Waals surface area contributed by atoms with E-state index >= 15 is 0 Å². The predicted molar refractivity (Wildman–Crippen MR) is 63.9 cm³/mol. The maximum absolute atomic E-state index is 12.7. The third kappa shape index (κ3) is 3.36. The summed E-state index contributed by atoms with van der Waals surface area (Å²) in [5.41, 5.74) is 1.69. The number of aromatic nitrogens is 1. The molecule has 1 unspecified atom stereocenters. The highest BCUT2D eigenvalue weighted by molar-refractivity contribution is 5.15. The topological polar surface area (TPSA) is 33.1 Å². The molecular weight excluding hydrogens is 217 g/mol. The second kappa shape index (κ2) is 5.55. The number of aliphatic hydroxyl groups excluding tert-OH is 1. The van der Waals surface area contributed by atoms with Gasteiger partial charge >= 0.3 is 0 Å². The molecule has 1 atom stereocenters. The van der Waals surface area contributed by atoms with E-state index in [1.54, 1.807) is 0 Å². The summed E-state index contributed by atoms with van der Waals surface area (Å²) in [5.74, 6) is -0.385. The maximum atomic E-state index is 12.7. The molecule has 0 spiro atoms. The van der Waals surface area contributed by atoms with Crippen LogP contribution in [0.15, 0.2) is 48.7 Å². The Morgan fingerprint density at radius 1 is 1.12 bits per heavy atom. The zero-order chi connectivity index (χ0) is 12.1. The summed E-state index contributed by atoms with van der Waals surface area (Å²) in [4.78, 5) is 3.87. The number of nitrogens with zero attached hydrogens (tertiary/aromatic N) is 1. The Labute approximate surface area is 99.8 Å². The van der Waals surface area contributed by atoms with Crippen molar-refractivity contribution < 1.29 is 9.50 Å². The lowest BCUT2D eigenvalue weighted by molar-refractivity contribution is 0.163. The Hall–Kier alpha value is -1.74. The summed E-state index contributed by atoms with van der Waals surface area (Å²) in [6.07, 6.45) is 1.85. The summed E-state index contributed by atoms with van der Waals surface area (Å²) >= 11 is 0. The standard InChI is InChI=1S/C14H14FNO/c15-12-7-8-13(16-10-12)14(17)9-6-11-4-2-1-3-5-11/h1-5,7-8,10,14,17H,6,9H2. The van der Waals surface area contributed by atoms with Crippen molar-refractivity contribution in [3.63, 3.8) is 0 Å². The Balaban J connectivity index is 1.93. The minimum atomic E-state index is -0.643. The largest absolute Gasteiger partial charge is 0.387 e. The zero-order valence-corrected chi connectivity index (χ0v) is 9.38. The SMILES string of the molecule is OC(CCc1ccccc1)c1ccc(F)cn1. The van der Waals surface area contributed by atoms with Gasteiger partial charge in [0.1, 0.15) is 5.82 Å². The number of hydrogen-bond acceptors (Lipinski definition) is 2. The molecule has 0 aliphatic carbocycles. The fourth-order valence-corrected chi connectivity index (χ4v) is 1.68. The molecule has 2 rings (SSSR count). The molecule has 1 aromatic heterocycles. The van der Waals surface area contributed by atoms with Crippen molar-refractivity contribution in [3.8, 4) is 0 Å². The predicted octanol–water partition coefficient (Wildman–Crippen LogP) is 2.89. The molecule has 2 aromatic rings. The van der Waals surface area contributed by atoms with Gasteiger partial charge in [-0.25, -0.2) is 4.39 Å². The van der Waals surface area contributed by atoms with Crippen molar-refractivity contribution in [2.75, 3.05) is 0 Å². The van der Waals surface area contributed by atoms with E-state index in [1.165, 1.54) is 17.7 Å². The molecule has 0 amide bonds. The number of benzene rings is 1. The molecule has 0 fully saturated rings. The molecule has 1 heterocycles. The quantitative estimate of drug-likeness (QED) is 0.877. The van der Waals surface area contributed by atoms with Gasteiger partial charge < -0.3 is 5.11 Å². The molecule has 2 nitrogen and oxygen atoms in total. The first-order valence-electron chi connectivity index (χ1n) is 5.59. The molecular formula is C14H14FNO. The molecule has 0 saturated carbocycles. The van der Waals surface area contributed by atoms with Crippen LogP contribution in [-0.2, 0) is 6.42 Å². The third-order valence-electron chi connectivity index (χ3n) is 2.64. The highest BCUT2D eigenvalue weighted by Crippen LogP contribution is 2.17. The highest BCUT2D eigenvalue weighted by Gasteiger charge is 2.08. The van der Waals surface area contributed by atoms with Crippen LogP contribution in [-0.4, -0.2) is 10.1 Å². The second-order valence-electron chi connectivity index (χ2n) is 3.94. The highest BCUT2D eigenvalue weighted by atomic mass is 19.1. The van der Waals surface area contributed by atoms with Crippen LogP contribution in [0.3, 0.4) is 0 Å². The fraction of sp³-hybridized carbons (Fsp3) is 0.214. The van der Waals surface area contributed by atoms with Gasteiger partial charge in [0.2, 0.25) is 0 Å². The van der Waals surface area contributed by atoms with E-state index < -0.39 is 6.10 Å². The first-order valence-corrected chi connectivity index (χ1v) is 5.59. The van der Waals surface area contributed by atoms with Crippen molar-refractivity contribution in [2.24, 2.45) is 0 Å². The second-order valence-corrected chi connectivity index (χ2v) is 3.94. The van der Waals surface area contributed by atoms with Gasteiger partial charge in [0.05, 0.1) is 18.0 Å². The van der Waals surface area contributed by atoms with Gasteiger partial charge in [-0.1, -0.05) is 30.3 Å². The van der Waals surface area contributed by atoms with Gasteiger partial charge in [0.15, 0.2) is 0 Å². The maximum Gasteiger partial charge on any atom is 0.141 e. The molecule has 88 valence electrons. The Morgan fingerprint density at radius 3 is 2.53 bits per heavy atom. The van der Waals surface area contributed by atoms with Crippen LogP contribution in [0.25, 0.3) is 0 Å². The van der Waals surface area contributed by atoms with Crippen molar-refractivity contribution in [1.29, 1.82) is 0 Å². The average Bonchev–Trinajstić information content (AvgIpc) is 2.38.